The third-order valence-corrected chi connectivity index (χ3v) is 4.86. The highest BCUT2D eigenvalue weighted by molar-refractivity contribution is 5.79. The van der Waals surface area contributed by atoms with Crippen molar-refractivity contribution in [1.82, 2.24) is 4.90 Å². The standard InChI is InChI=1S/C17H21F2NO3/c18-12-4-5-14(19)11(8-12)9-17(22)20-6-7-23-10-15(20)13-2-1-3-16(13)21/h4-5,8,13,15-16,21H,1-3,6-7,9-10H2. The van der Waals surface area contributed by atoms with Crippen LogP contribution < -0.4 is 0 Å². The maximum absolute atomic E-state index is 13.8. The lowest BCUT2D eigenvalue weighted by Crippen LogP contribution is -2.54. The molecule has 1 heterocycles. The van der Waals surface area contributed by atoms with Crippen LogP contribution in [0.5, 0.6) is 0 Å². The molecule has 3 unspecified atom stereocenters. The van der Waals surface area contributed by atoms with E-state index >= 15 is 0 Å². The summed E-state index contributed by atoms with van der Waals surface area (Å²) in [6.45, 7) is 1.24. The number of rotatable bonds is 3. The number of aliphatic hydroxyl groups excluding tert-OH is 1. The number of ether oxygens (including phenoxy) is 1. The zero-order chi connectivity index (χ0) is 16.4. The Morgan fingerprint density at radius 3 is 2.91 bits per heavy atom. The van der Waals surface area contributed by atoms with Crippen molar-refractivity contribution in [3.05, 3.63) is 35.4 Å². The van der Waals surface area contributed by atoms with Crippen LogP contribution in [0.15, 0.2) is 18.2 Å². The molecule has 3 atom stereocenters. The van der Waals surface area contributed by atoms with Gasteiger partial charge in [-0.25, -0.2) is 8.78 Å². The summed E-state index contributed by atoms with van der Waals surface area (Å²) in [4.78, 5) is 14.3. The number of nitrogens with zero attached hydrogens (tertiary/aromatic N) is 1. The van der Waals surface area contributed by atoms with Gasteiger partial charge in [0.1, 0.15) is 11.6 Å². The van der Waals surface area contributed by atoms with Crippen molar-refractivity contribution in [2.45, 2.75) is 37.8 Å². The Labute approximate surface area is 134 Å². The second kappa shape index (κ2) is 6.93. The van der Waals surface area contributed by atoms with Gasteiger partial charge in [-0.2, -0.15) is 0 Å². The molecule has 1 aromatic carbocycles. The van der Waals surface area contributed by atoms with E-state index in [2.05, 4.69) is 0 Å². The third-order valence-electron chi connectivity index (χ3n) is 4.86. The van der Waals surface area contributed by atoms with Crippen molar-refractivity contribution in [1.29, 1.82) is 0 Å². The summed E-state index contributed by atoms with van der Waals surface area (Å²) in [5, 5.41) is 10.1. The molecular weight excluding hydrogens is 304 g/mol. The van der Waals surface area contributed by atoms with Crippen molar-refractivity contribution in [2.24, 2.45) is 5.92 Å². The van der Waals surface area contributed by atoms with Crippen LogP contribution >= 0.6 is 0 Å². The number of carbonyl (C=O) groups excluding carboxylic acids is 1. The van der Waals surface area contributed by atoms with Crippen molar-refractivity contribution in [3.63, 3.8) is 0 Å². The fraction of sp³-hybridized carbons (Fsp3) is 0.588. The van der Waals surface area contributed by atoms with Gasteiger partial charge in [0.05, 0.1) is 31.8 Å². The zero-order valence-electron chi connectivity index (χ0n) is 12.9. The Balaban J connectivity index is 1.74. The van der Waals surface area contributed by atoms with Crippen molar-refractivity contribution < 1.29 is 23.4 Å². The third kappa shape index (κ3) is 3.53. The highest BCUT2D eigenvalue weighted by atomic mass is 19.1. The zero-order valence-corrected chi connectivity index (χ0v) is 12.9. The molecule has 0 radical (unpaired) electrons. The van der Waals surface area contributed by atoms with Gasteiger partial charge in [0.2, 0.25) is 5.91 Å². The van der Waals surface area contributed by atoms with Gasteiger partial charge < -0.3 is 14.7 Å². The predicted octanol–water partition coefficient (Wildman–Crippen LogP) is 1.90. The summed E-state index contributed by atoms with van der Waals surface area (Å²) in [5.41, 5.74) is 0.0622. The molecular formula is C17H21F2NO3. The fourth-order valence-electron chi connectivity index (χ4n) is 3.65. The van der Waals surface area contributed by atoms with Gasteiger partial charge in [0, 0.05) is 18.0 Å². The van der Waals surface area contributed by atoms with E-state index in [1.807, 2.05) is 0 Å². The Hall–Kier alpha value is -1.53. The molecule has 1 amide bonds. The molecule has 1 aromatic rings. The summed E-state index contributed by atoms with van der Waals surface area (Å²) in [5.74, 6) is -1.39. The average Bonchev–Trinajstić information content (AvgIpc) is 2.97. The summed E-state index contributed by atoms with van der Waals surface area (Å²) >= 11 is 0. The Bertz CT molecular complexity index is 581. The molecule has 0 bridgehead atoms. The van der Waals surface area contributed by atoms with Crippen LogP contribution in [-0.4, -0.2) is 47.8 Å². The van der Waals surface area contributed by atoms with Gasteiger partial charge in [-0.3, -0.25) is 4.79 Å². The van der Waals surface area contributed by atoms with E-state index in [0.29, 0.717) is 19.8 Å². The van der Waals surface area contributed by atoms with E-state index in [-0.39, 0.29) is 29.9 Å². The van der Waals surface area contributed by atoms with Crippen molar-refractivity contribution in [2.75, 3.05) is 19.8 Å². The SMILES string of the molecule is O=C(Cc1cc(F)ccc1F)N1CCOCC1C1CCCC1O. The lowest BCUT2D eigenvalue weighted by Gasteiger charge is -2.40. The normalized spacial score (nSPS) is 28.1. The summed E-state index contributed by atoms with van der Waals surface area (Å²) in [6.07, 6.45) is 1.92. The van der Waals surface area contributed by atoms with E-state index in [1.165, 1.54) is 0 Å². The second-order valence-corrected chi connectivity index (χ2v) is 6.30. The molecule has 4 nitrogen and oxygen atoms in total. The van der Waals surface area contributed by atoms with Gasteiger partial charge >= 0.3 is 0 Å². The first kappa shape index (κ1) is 16.3. The molecule has 1 aliphatic heterocycles. The number of halogens is 2. The molecule has 2 aliphatic rings. The molecule has 0 spiro atoms. The molecule has 6 heteroatoms. The van der Waals surface area contributed by atoms with Crippen LogP contribution in [0.1, 0.15) is 24.8 Å². The molecule has 1 saturated carbocycles. The summed E-state index contributed by atoms with van der Waals surface area (Å²) in [7, 11) is 0. The van der Waals surface area contributed by atoms with Crippen LogP contribution in [0.25, 0.3) is 0 Å². The monoisotopic (exact) mass is 325 g/mol. The quantitative estimate of drug-likeness (QED) is 0.923. The first-order valence-corrected chi connectivity index (χ1v) is 8.05. The first-order chi connectivity index (χ1) is 11.1. The molecule has 0 aromatic heterocycles. The highest BCUT2D eigenvalue weighted by Crippen LogP contribution is 2.32. The van der Waals surface area contributed by atoms with E-state index < -0.39 is 17.7 Å². The summed E-state index contributed by atoms with van der Waals surface area (Å²) in [6, 6.07) is 2.95. The van der Waals surface area contributed by atoms with Crippen molar-refractivity contribution in [3.8, 4) is 0 Å². The average molecular weight is 325 g/mol. The van der Waals surface area contributed by atoms with Crippen LogP contribution in [0, 0.1) is 17.6 Å². The van der Waals surface area contributed by atoms with Gasteiger partial charge in [0.15, 0.2) is 0 Å². The minimum absolute atomic E-state index is 0.00314. The minimum Gasteiger partial charge on any atom is -0.393 e. The molecule has 2 fully saturated rings. The number of amides is 1. The first-order valence-electron chi connectivity index (χ1n) is 8.05. The molecule has 126 valence electrons. The smallest absolute Gasteiger partial charge is 0.227 e. The molecule has 1 aliphatic carbocycles. The van der Waals surface area contributed by atoms with Crippen molar-refractivity contribution >= 4 is 5.91 Å². The lowest BCUT2D eigenvalue weighted by atomic mass is 9.93. The molecule has 3 rings (SSSR count). The van der Waals surface area contributed by atoms with Gasteiger partial charge in [0.25, 0.3) is 0 Å². The number of carbonyl (C=O) groups is 1. The maximum atomic E-state index is 13.8. The van der Waals surface area contributed by atoms with E-state index in [0.717, 1.165) is 37.5 Å². The van der Waals surface area contributed by atoms with E-state index in [4.69, 9.17) is 4.74 Å². The predicted molar refractivity (Wildman–Crippen MR) is 79.7 cm³/mol. The largest absolute Gasteiger partial charge is 0.393 e. The number of hydrogen-bond donors (Lipinski definition) is 1. The lowest BCUT2D eigenvalue weighted by molar-refractivity contribution is -0.143. The highest BCUT2D eigenvalue weighted by Gasteiger charge is 2.39. The van der Waals surface area contributed by atoms with Crippen LogP contribution in [-0.2, 0) is 16.0 Å². The van der Waals surface area contributed by atoms with Gasteiger partial charge in [-0.05, 0) is 31.0 Å². The Morgan fingerprint density at radius 1 is 1.35 bits per heavy atom. The number of benzene rings is 1. The molecule has 1 N–H and O–H groups in total. The van der Waals surface area contributed by atoms with Crippen LogP contribution in [0.3, 0.4) is 0 Å². The second-order valence-electron chi connectivity index (χ2n) is 6.30. The Morgan fingerprint density at radius 2 is 2.17 bits per heavy atom. The topological polar surface area (TPSA) is 49.8 Å². The number of hydrogen-bond acceptors (Lipinski definition) is 3. The number of morpholine rings is 1. The maximum Gasteiger partial charge on any atom is 0.227 e. The van der Waals surface area contributed by atoms with Gasteiger partial charge in [-0.15, -0.1) is 0 Å². The number of aliphatic hydroxyl groups is 1. The summed E-state index contributed by atoms with van der Waals surface area (Å²) < 4.78 is 32.5. The molecule has 1 saturated heterocycles. The minimum atomic E-state index is -0.578. The van der Waals surface area contributed by atoms with Gasteiger partial charge in [-0.1, -0.05) is 6.42 Å². The fourth-order valence-corrected chi connectivity index (χ4v) is 3.65. The van der Waals surface area contributed by atoms with E-state index in [1.54, 1.807) is 4.90 Å². The van der Waals surface area contributed by atoms with Crippen LogP contribution in [0.2, 0.25) is 0 Å². The molecule has 23 heavy (non-hydrogen) atoms. The van der Waals surface area contributed by atoms with Crippen LogP contribution in [0.4, 0.5) is 8.78 Å². The Kier molecular flexibility index (Phi) is 4.92. The van der Waals surface area contributed by atoms with E-state index in [9.17, 15) is 18.7 Å².